The van der Waals surface area contributed by atoms with Crippen molar-refractivity contribution in [2.75, 3.05) is 6.54 Å². The highest BCUT2D eigenvalue weighted by molar-refractivity contribution is 7.13. The van der Waals surface area contributed by atoms with Gasteiger partial charge in [0.05, 0.1) is 12.1 Å². The predicted molar refractivity (Wildman–Crippen MR) is 96.1 cm³/mol. The number of para-hydroxylation sites is 1. The number of hydrogen-bond donors (Lipinski definition) is 2. The quantitative estimate of drug-likeness (QED) is 0.724. The minimum absolute atomic E-state index is 0.0599. The third-order valence-corrected chi connectivity index (χ3v) is 4.56. The highest BCUT2D eigenvalue weighted by atomic mass is 32.1. The molecule has 1 heterocycles. The summed E-state index contributed by atoms with van der Waals surface area (Å²) in [5.74, 6) is 0.203. The lowest BCUT2D eigenvalue weighted by molar-refractivity contribution is -0.120. The zero-order valence-electron chi connectivity index (χ0n) is 13.1. The maximum atomic E-state index is 12.0. The van der Waals surface area contributed by atoms with E-state index in [0.717, 1.165) is 21.8 Å². The van der Waals surface area contributed by atoms with Crippen molar-refractivity contribution in [1.82, 2.24) is 10.3 Å². The Morgan fingerprint density at radius 3 is 2.62 bits per heavy atom. The lowest BCUT2D eigenvalue weighted by Gasteiger charge is -2.06. The molecular formula is C19H18N2O2S. The van der Waals surface area contributed by atoms with Crippen LogP contribution in [0.5, 0.6) is 5.75 Å². The molecule has 1 amide bonds. The number of carbonyl (C=O) groups is 1. The van der Waals surface area contributed by atoms with Crippen molar-refractivity contribution in [3.8, 4) is 16.3 Å². The van der Waals surface area contributed by atoms with Crippen molar-refractivity contribution in [1.29, 1.82) is 0 Å². The SMILES string of the molecule is O=C(Cc1csc(-c2ccccc2)n1)NCCc1ccccc1O. The van der Waals surface area contributed by atoms with Crippen molar-refractivity contribution in [2.45, 2.75) is 12.8 Å². The molecule has 0 fully saturated rings. The number of hydrogen-bond acceptors (Lipinski definition) is 4. The first-order valence-electron chi connectivity index (χ1n) is 7.76. The lowest BCUT2D eigenvalue weighted by Crippen LogP contribution is -2.27. The normalized spacial score (nSPS) is 10.5. The molecule has 0 saturated heterocycles. The fraction of sp³-hybridized carbons (Fsp3) is 0.158. The molecule has 0 aliphatic heterocycles. The molecule has 0 spiro atoms. The Morgan fingerprint density at radius 1 is 1.08 bits per heavy atom. The van der Waals surface area contributed by atoms with Crippen molar-refractivity contribution >= 4 is 17.2 Å². The summed E-state index contributed by atoms with van der Waals surface area (Å²) in [6.07, 6.45) is 0.870. The lowest BCUT2D eigenvalue weighted by atomic mass is 10.1. The van der Waals surface area contributed by atoms with Gasteiger partial charge in [0.25, 0.3) is 0 Å². The van der Waals surface area contributed by atoms with Gasteiger partial charge in [-0.1, -0.05) is 48.5 Å². The Bertz CT molecular complexity index is 815. The van der Waals surface area contributed by atoms with Gasteiger partial charge in [0.2, 0.25) is 5.91 Å². The Kier molecular flexibility index (Phi) is 5.23. The van der Waals surface area contributed by atoms with Crippen LogP contribution >= 0.6 is 11.3 Å². The average Bonchev–Trinajstić information content (AvgIpc) is 3.06. The van der Waals surface area contributed by atoms with Gasteiger partial charge in [-0.05, 0) is 18.1 Å². The van der Waals surface area contributed by atoms with Crippen LogP contribution in [0.1, 0.15) is 11.3 Å². The van der Waals surface area contributed by atoms with Gasteiger partial charge in [-0.2, -0.15) is 0 Å². The molecule has 5 heteroatoms. The third-order valence-electron chi connectivity index (χ3n) is 3.62. The zero-order valence-corrected chi connectivity index (χ0v) is 13.9. The second-order valence-corrected chi connectivity index (χ2v) is 6.27. The Morgan fingerprint density at radius 2 is 1.83 bits per heavy atom. The standard InChI is InChI=1S/C19H18N2O2S/c22-17-9-5-4-6-14(17)10-11-20-18(23)12-16-13-24-19(21-16)15-7-2-1-3-8-15/h1-9,13,22H,10-12H2,(H,20,23). The summed E-state index contributed by atoms with van der Waals surface area (Å²) in [6.45, 7) is 0.492. The van der Waals surface area contributed by atoms with Crippen LogP contribution < -0.4 is 5.32 Å². The molecule has 0 aliphatic rings. The molecule has 1 aromatic heterocycles. The summed E-state index contributed by atoms with van der Waals surface area (Å²) in [5.41, 5.74) is 2.67. The summed E-state index contributed by atoms with van der Waals surface area (Å²) >= 11 is 1.54. The van der Waals surface area contributed by atoms with E-state index in [4.69, 9.17) is 0 Å². The molecule has 0 atom stereocenters. The molecule has 3 rings (SSSR count). The average molecular weight is 338 g/mol. The molecule has 4 nitrogen and oxygen atoms in total. The summed E-state index contributed by atoms with van der Waals surface area (Å²) < 4.78 is 0. The van der Waals surface area contributed by atoms with Gasteiger partial charge >= 0.3 is 0 Å². The van der Waals surface area contributed by atoms with E-state index < -0.39 is 0 Å². The first kappa shape index (κ1) is 16.2. The molecular weight excluding hydrogens is 320 g/mol. The number of phenols is 1. The number of aromatic hydroxyl groups is 1. The Labute approximate surface area is 144 Å². The van der Waals surface area contributed by atoms with E-state index in [2.05, 4.69) is 10.3 Å². The van der Waals surface area contributed by atoms with Crippen molar-refractivity contribution in [2.24, 2.45) is 0 Å². The maximum absolute atomic E-state index is 12.0. The zero-order chi connectivity index (χ0) is 16.8. The monoisotopic (exact) mass is 338 g/mol. The highest BCUT2D eigenvalue weighted by Crippen LogP contribution is 2.23. The van der Waals surface area contributed by atoms with Crippen LogP contribution in [0.25, 0.3) is 10.6 Å². The second kappa shape index (κ2) is 7.75. The van der Waals surface area contributed by atoms with Crippen molar-refractivity contribution < 1.29 is 9.90 Å². The molecule has 122 valence electrons. The van der Waals surface area contributed by atoms with E-state index in [0.29, 0.717) is 13.0 Å². The first-order valence-corrected chi connectivity index (χ1v) is 8.64. The largest absolute Gasteiger partial charge is 0.508 e. The summed E-state index contributed by atoms with van der Waals surface area (Å²) in [7, 11) is 0. The number of benzene rings is 2. The van der Waals surface area contributed by atoms with Gasteiger partial charge in [0, 0.05) is 17.5 Å². The topological polar surface area (TPSA) is 62.2 Å². The number of aromatic nitrogens is 1. The van der Waals surface area contributed by atoms with Gasteiger partial charge < -0.3 is 10.4 Å². The number of nitrogens with zero attached hydrogens (tertiary/aromatic N) is 1. The van der Waals surface area contributed by atoms with E-state index >= 15 is 0 Å². The Balaban J connectivity index is 1.51. The molecule has 2 aromatic carbocycles. The minimum atomic E-state index is -0.0599. The molecule has 3 aromatic rings. The minimum Gasteiger partial charge on any atom is -0.508 e. The van der Waals surface area contributed by atoms with Crippen LogP contribution in [-0.4, -0.2) is 22.5 Å². The van der Waals surface area contributed by atoms with E-state index in [1.54, 1.807) is 23.5 Å². The van der Waals surface area contributed by atoms with Gasteiger partial charge in [0.15, 0.2) is 0 Å². The third kappa shape index (κ3) is 4.20. The molecule has 0 radical (unpaired) electrons. The molecule has 0 bridgehead atoms. The summed E-state index contributed by atoms with van der Waals surface area (Å²) in [6, 6.07) is 17.1. The van der Waals surface area contributed by atoms with Gasteiger partial charge in [-0.25, -0.2) is 4.98 Å². The van der Waals surface area contributed by atoms with Crippen LogP contribution in [-0.2, 0) is 17.6 Å². The first-order chi connectivity index (χ1) is 11.7. The molecule has 0 aliphatic carbocycles. The van der Waals surface area contributed by atoms with Gasteiger partial charge in [0.1, 0.15) is 10.8 Å². The molecule has 0 unspecified atom stereocenters. The van der Waals surface area contributed by atoms with E-state index in [9.17, 15) is 9.90 Å². The number of nitrogens with one attached hydrogen (secondary N) is 1. The van der Waals surface area contributed by atoms with Crippen LogP contribution in [0, 0.1) is 0 Å². The smallest absolute Gasteiger partial charge is 0.226 e. The molecule has 2 N–H and O–H groups in total. The fourth-order valence-electron chi connectivity index (χ4n) is 2.39. The number of rotatable bonds is 6. The van der Waals surface area contributed by atoms with Crippen molar-refractivity contribution in [3.63, 3.8) is 0 Å². The van der Waals surface area contributed by atoms with E-state index in [1.807, 2.05) is 47.8 Å². The van der Waals surface area contributed by atoms with Crippen LogP contribution in [0.3, 0.4) is 0 Å². The second-order valence-electron chi connectivity index (χ2n) is 5.42. The fourth-order valence-corrected chi connectivity index (χ4v) is 3.21. The van der Waals surface area contributed by atoms with E-state index in [1.165, 1.54) is 0 Å². The Hall–Kier alpha value is -2.66. The number of carbonyl (C=O) groups excluding carboxylic acids is 1. The van der Waals surface area contributed by atoms with Crippen molar-refractivity contribution in [3.05, 3.63) is 71.2 Å². The number of thiazole rings is 1. The summed E-state index contributed by atoms with van der Waals surface area (Å²) in [4.78, 5) is 16.5. The van der Waals surface area contributed by atoms with E-state index in [-0.39, 0.29) is 18.1 Å². The maximum Gasteiger partial charge on any atom is 0.226 e. The van der Waals surface area contributed by atoms with Crippen LogP contribution in [0.15, 0.2) is 60.0 Å². The number of phenolic OH excluding ortho intramolecular Hbond substituents is 1. The highest BCUT2D eigenvalue weighted by Gasteiger charge is 2.09. The van der Waals surface area contributed by atoms with Crippen LogP contribution in [0.2, 0.25) is 0 Å². The number of amides is 1. The van der Waals surface area contributed by atoms with Crippen LogP contribution in [0.4, 0.5) is 0 Å². The summed E-state index contributed by atoms with van der Waals surface area (Å²) in [5, 5.41) is 15.4. The molecule has 24 heavy (non-hydrogen) atoms. The van der Waals surface area contributed by atoms with Gasteiger partial charge in [-0.3, -0.25) is 4.79 Å². The molecule has 0 saturated carbocycles. The predicted octanol–water partition coefficient (Wildman–Crippen LogP) is 3.42. The van der Waals surface area contributed by atoms with Gasteiger partial charge in [-0.15, -0.1) is 11.3 Å².